The summed E-state index contributed by atoms with van der Waals surface area (Å²) >= 11 is 2.15. The summed E-state index contributed by atoms with van der Waals surface area (Å²) in [7, 11) is 1.52. The molecule has 0 fully saturated rings. The molecule has 0 saturated carbocycles. The van der Waals surface area contributed by atoms with Crippen LogP contribution in [0, 0.1) is 3.57 Å². The number of nitrogens with one attached hydrogen (secondary N) is 1. The van der Waals surface area contributed by atoms with Gasteiger partial charge in [-0.25, -0.2) is 4.79 Å². The fourth-order valence-electron chi connectivity index (χ4n) is 3.00. The van der Waals surface area contributed by atoms with Crippen molar-refractivity contribution in [2.75, 3.05) is 19.0 Å². The molecule has 29 heavy (non-hydrogen) atoms. The smallest absolute Gasteiger partial charge is 0.338 e. The van der Waals surface area contributed by atoms with E-state index in [1.54, 1.807) is 30.3 Å². The van der Waals surface area contributed by atoms with E-state index in [-0.39, 0.29) is 0 Å². The minimum absolute atomic E-state index is 0.388. The van der Waals surface area contributed by atoms with E-state index in [4.69, 9.17) is 13.9 Å². The van der Waals surface area contributed by atoms with Crippen molar-refractivity contribution in [1.29, 1.82) is 0 Å². The molecule has 3 aromatic carbocycles. The van der Waals surface area contributed by atoms with Gasteiger partial charge >= 0.3 is 5.97 Å². The summed E-state index contributed by atoms with van der Waals surface area (Å²) in [6.45, 7) is -0.411. The van der Waals surface area contributed by atoms with E-state index in [0.29, 0.717) is 22.6 Å². The zero-order valence-electron chi connectivity index (χ0n) is 15.4. The number of benzene rings is 3. The van der Waals surface area contributed by atoms with E-state index in [1.165, 1.54) is 7.11 Å². The number of anilines is 1. The highest BCUT2D eigenvalue weighted by Gasteiger charge is 2.15. The molecule has 0 aliphatic carbocycles. The molecular weight excluding hydrogens is 485 g/mol. The number of esters is 1. The SMILES string of the molecule is COc1cc2c(cc1NC(=O)COC(=O)c1ccc(I)cc1)oc1ccccc12. The lowest BCUT2D eigenvalue weighted by atomic mass is 10.1. The molecule has 0 unspecified atom stereocenters. The highest BCUT2D eigenvalue weighted by Crippen LogP contribution is 2.36. The molecular formula is C22H16INO5. The Hall–Kier alpha value is -3.07. The summed E-state index contributed by atoms with van der Waals surface area (Å²) in [5, 5.41) is 4.56. The van der Waals surface area contributed by atoms with Crippen molar-refractivity contribution in [2.24, 2.45) is 0 Å². The topological polar surface area (TPSA) is 77.8 Å². The Kier molecular flexibility index (Phi) is 5.39. The van der Waals surface area contributed by atoms with Crippen molar-refractivity contribution in [3.8, 4) is 5.75 Å². The number of ether oxygens (including phenoxy) is 2. The molecule has 1 amide bonds. The molecule has 1 heterocycles. The Balaban J connectivity index is 1.50. The number of furan rings is 1. The van der Waals surface area contributed by atoms with Crippen molar-refractivity contribution in [3.05, 3.63) is 69.8 Å². The van der Waals surface area contributed by atoms with Crippen molar-refractivity contribution >= 4 is 62.1 Å². The molecule has 0 saturated heterocycles. The van der Waals surface area contributed by atoms with Crippen LogP contribution in [-0.4, -0.2) is 25.6 Å². The van der Waals surface area contributed by atoms with E-state index in [9.17, 15) is 9.59 Å². The monoisotopic (exact) mass is 501 g/mol. The number of methoxy groups -OCH3 is 1. The Morgan fingerprint density at radius 3 is 2.52 bits per heavy atom. The van der Waals surface area contributed by atoms with Crippen LogP contribution in [-0.2, 0) is 9.53 Å². The molecule has 1 aromatic heterocycles. The Morgan fingerprint density at radius 2 is 1.76 bits per heavy atom. The van der Waals surface area contributed by atoms with Crippen LogP contribution in [0.3, 0.4) is 0 Å². The first-order valence-corrected chi connectivity index (χ1v) is 9.85. The average molecular weight is 501 g/mol. The Labute approximate surface area is 179 Å². The first-order valence-electron chi connectivity index (χ1n) is 8.77. The predicted molar refractivity (Wildman–Crippen MR) is 118 cm³/mol. The predicted octanol–water partition coefficient (Wildman–Crippen LogP) is 4.99. The van der Waals surface area contributed by atoms with Gasteiger partial charge < -0.3 is 19.2 Å². The van der Waals surface area contributed by atoms with Crippen LogP contribution in [0.5, 0.6) is 5.75 Å². The number of amides is 1. The van der Waals surface area contributed by atoms with Crippen LogP contribution >= 0.6 is 22.6 Å². The number of hydrogen-bond acceptors (Lipinski definition) is 5. The zero-order chi connectivity index (χ0) is 20.4. The van der Waals surface area contributed by atoms with Crippen molar-refractivity contribution in [1.82, 2.24) is 0 Å². The summed E-state index contributed by atoms with van der Waals surface area (Å²) in [6, 6.07) is 18.1. The summed E-state index contributed by atoms with van der Waals surface area (Å²) in [5.74, 6) is -0.546. The summed E-state index contributed by atoms with van der Waals surface area (Å²) < 4.78 is 17.4. The maximum absolute atomic E-state index is 12.3. The van der Waals surface area contributed by atoms with Crippen LogP contribution in [0.2, 0.25) is 0 Å². The third-order valence-electron chi connectivity index (χ3n) is 4.39. The largest absolute Gasteiger partial charge is 0.495 e. The third kappa shape index (κ3) is 4.04. The number of halogens is 1. The van der Waals surface area contributed by atoms with E-state index in [0.717, 1.165) is 19.9 Å². The highest BCUT2D eigenvalue weighted by atomic mass is 127. The molecule has 0 aliphatic heterocycles. The van der Waals surface area contributed by atoms with Crippen molar-refractivity contribution < 1.29 is 23.5 Å². The first kappa shape index (κ1) is 19.3. The molecule has 4 aromatic rings. The van der Waals surface area contributed by atoms with Crippen LogP contribution in [0.1, 0.15) is 10.4 Å². The second kappa shape index (κ2) is 8.12. The zero-order valence-corrected chi connectivity index (χ0v) is 17.6. The van der Waals surface area contributed by atoms with Gasteiger partial charge in [0.05, 0.1) is 18.4 Å². The molecule has 0 bridgehead atoms. The lowest BCUT2D eigenvalue weighted by Crippen LogP contribution is -2.21. The van der Waals surface area contributed by atoms with Crippen LogP contribution in [0.25, 0.3) is 21.9 Å². The molecule has 4 rings (SSSR count). The summed E-state index contributed by atoms with van der Waals surface area (Å²) in [4.78, 5) is 24.4. The van der Waals surface area contributed by atoms with Gasteiger partial charge in [0.1, 0.15) is 16.9 Å². The van der Waals surface area contributed by atoms with Gasteiger partial charge in [0.25, 0.3) is 5.91 Å². The normalized spacial score (nSPS) is 10.8. The maximum Gasteiger partial charge on any atom is 0.338 e. The van der Waals surface area contributed by atoms with Gasteiger partial charge in [-0.05, 0) is 59.0 Å². The Morgan fingerprint density at radius 1 is 1.00 bits per heavy atom. The number of fused-ring (bicyclic) bond motifs is 3. The van der Waals surface area contributed by atoms with Gasteiger partial charge in [-0.1, -0.05) is 18.2 Å². The minimum atomic E-state index is -0.559. The van der Waals surface area contributed by atoms with Gasteiger partial charge in [-0.15, -0.1) is 0 Å². The van der Waals surface area contributed by atoms with Crippen molar-refractivity contribution in [3.63, 3.8) is 0 Å². The number of hydrogen-bond donors (Lipinski definition) is 1. The molecule has 0 aliphatic rings. The van der Waals surface area contributed by atoms with E-state index < -0.39 is 18.5 Å². The van der Waals surface area contributed by atoms with E-state index in [1.807, 2.05) is 30.3 Å². The van der Waals surface area contributed by atoms with Gasteiger partial charge in [-0.3, -0.25) is 4.79 Å². The molecule has 1 N–H and O–H groups in total. The molecule has 7 heteroatoms. The fraction of sp³-hybridized carbons (Fsp3) is 0.0909. The van der Waals surface area contributed by atoms with Crippen LogP contribution in [0.15, 0.2) is 65.1 Å². The number of carbonyl (C=O) groups is 2. The van der Waals surface area contributed by atoms with Crippen LogP contribution in [0.4, 0.5) is 5.69 Å². The van der Waals surface area contributed by atoms with Gasteiger partial charge in [0.15, 0.2) is 6.61 Å². The number of para-hydroxylation sites is 1. The lowest BCUT2D eigenvalue weighted by Gasteiger charge is -2.11. The highest BCUT2D eigenvalue weighted by molar-refractivity contribution is 14.1. The molecule has 146 valence electrons. The van der Waals surface area contributed by atoms with E-state index >= 15 is 0 Å². The summed E-state index contributed by atoms with van der Waals surface area (Å²) in [6.07, 6.45) is 0. The minimum Gasteiger partial charge on any atom is -0.495 e. The maximum atomic E-state index is 12.3. The van der Waals surface area contributed by atoms with Gasteiger partial charge in [0.2, 0.25) is 0 Å². The van der Waals surface area contributed by atoms with E-state index in [2.05, 4.69) is 27.9 Å². The number of rotatable bonds is 5. The Bertz CT molecular complexity index is 1210. The molecule has 0 atom stereocenters. The summed E-state index contributed by atoms with van der Waals surface area (Å²) in [5.41, 5.74) is 2.20. The van der Waals surface area contributed by atoms with Gasteiger partial charge in [0, 0.05) is 20.4 Å². The van der Waals surface area contributed by atoms with Gasteiger partial charge in [-0.2, -0.15) is 0 Å². The fourth-order valence-corrected chi connectivity index (χ4v) is 3.36. The van der Waals surface area contributed by atoms with Crippen molar-refractivity contribution in [2.45, 2.75) is 0 Å². The molecule has 0 radical (unpaired) electrons. The molecule has 6 nitrogen and oxygen atoms in total. The standard InChI is InChI=1S/C22H16INO5/c1-27-20-10-16-15-4-2-3-5-18(15)29-19(16)11-17(20)24-21(25)12-28-22(26)13-6-8-14(23)9-7-13/h2-11H,12H2,1H3,(H,24,25). The molecule has 0 spiro atoms. The third-order valence-corrected chi connectivity index (χ3v) is 5.11. The van der Waals surface area contributed by atoms with Crippen LogP contribution < -0.4 is 10.1 Å². The lowest BCUT2D eigenvalue weighted by molar-refractivity contribution is -0.119. The first-order chi connectivity index (χ1) is 14.0. The second-order valence-electron chi connectivity index (χ2n) is 6.28. The number of carbonyl (C=O) groups excluding carboxylic acids is 2. The second-order valence-corrected chi connectivity index (χ2v) is 7.52. The average Bonchev–Trinajstić information content (AvgIpc) is 3.09. The quantitative estimate of drug-likeness (QED) is 0.308.